The molecule has 140 valence electrons. The molecule has 0 aliphatic carbocycles. The number of carbonyl (C=O) groups excluding carboxylic acids is 1. The lowest BCUT2D eigenvalue weighted by atomic mass is 10.1. The summed E-state index contributed by atoms with van der Waals surface area (Å²) in [5.41, 5.74) is 3.38. The largest absolute Gasteiger partial charge is 0.393 e. The summed E-state index contributed by atoms with van der Waals surface area (Å²) in [6, 6.07) is 10.0. The maximum absolute atomic E-state index is 12.0. The van der Waals surface area contributed by atoms with E-state index in [9.17, 15) is 9.90 Å². The van der Waals surface area contributed by atoms with Crippen LogP contribution in [0.3, 0.4) is 0 Å². The Morgan fingerprint density at radius 3 is 2.77 bits per heavy atom. The second-order valence-corrected chi connectivity index (χ2v) is 8.11. The van der Waals surface area contributed by atoms with Crippen LogP contribution in [0.15, 0.2) is 35.7 Å². The molecule has 2 atom stereocenters. The number of urea groups is 1. The molecule has 26 heavy (non-hydrogen) atoms. The van der Waals surface area contributed by atoms with E-state index in [4.69, 9.17) is 0 Å². The number of rotatable bonds is 6. The third-order valence-electron chi connectivity index (χ3n) is 4.65. The van der Waals surface area contributed by atoms with Crippen molar-refractivity contribution in [2.45, 2.75) is 39.3 Å². The van der Waals surface area contributed by atoms with Gasteiger partial charge < -0.3 is 20.6 Å². The van der Waals surface area contributed by atoms with Crippen LogP contribution in [0.2, 0.25) is 0 Å². The summed E-state index contributed by atoms with van der Waals surface area (Å²) >= 11 is 1.85. The summed E-state index contributed by atoms with van der Waals surface area (Å²) in [7, 11) is 0. The molecule has 0 radical (unpaired) electrons. The van der Waals surface area contributed by atoms with Crippen LogP contribution in [0.25, 0.3) is 0 Å². The van der Waals surface area contributed by atoms with Gasteiger partial charge in [-0.05, 0) is 67.0 Å². The van der Waals surface area contributed by atoms with E-state index >= 15 is 0 Å². The van der Waals surface area contributed by atoms with Gasteiger partial charge in [-0.3, -0.25) is 0 Å². The normalized spacial score (nSPS) is 15.9. The highest BCUT2D eigenvalue weighted by Gasteiger charge is 2.17. The highest BCUT2D eigenvalue weighted by atomic mass is 32.1. The summed E-state index contributed by atoms with van der Waals surface area (Å²) in [4.78, 5) is 15.9. The van der Waals surface area contributed by atoms with Crippen molar-refractivity contribution in [3.8, 4) is 0 Å². The van der Waals surface area contributed by atoms with Gasteiger partial charge in [0.05, 0.1) is 6.10 Å². The van der Waals surface area contributed by atoms with E-state index in [0.29, 0.717) is 13.0 Å². The van der Waals surface area contributed by atoms with Crippen LogP contribution in [-0.4, -0.2) is 30.3 Å². The first-order chi connectivity index (χ1) is 12.5. The van der Waals surface area contributed by atoms with Crippen molar-refractivity contribution in [1.82, 2.24) is 5.32 Å². The SMILES string of the molecule is CC(O)CC(C)CNC(=O)Nc1ccc(N2CCc3sccc3C2)cc1. The second kappa shape index (κ2) is 8.56. The molecule has 6 heteroatoms. The number of hydrogen-bond donors (Lipinski definition) is 3. The Morgan fingerprint density at radius 1 is 1.27 bits per heavy atom. The van der Waals surface area contributed by atoms with Crippen molar-refractivity contribution < 1.29 is 9.90 Å². The van der Waals surface area contributed by atoms with Crippen LogP contribution in [0.4, 0.5) is 16.2 Å². The third-order valence-corrected chi connectivity index (χ3v) is 5.68. The number of hydrogen-bond acceptors (Lipinski definition) is 4. The first kappa shape index (κ1) is 18.7. The molecule has 2 heterocycles. The molecular formula is C20H27N3O2S. The molecule has 2 aromatic rings. The molecule has 1 aliphatic heterocycles. The zero-order chi connectivity index (χ0) is 18.5. The lowest BCUT2D eigenvalue weighted by molar-refractivity contribution is 0.163. The van der Waals surface area contributed by atoms with E-state index in [2.05, 4.69) is 39.1 Å². The number of fused-ring (bicyclic) bond motifs is 1. The van der Waals surface area contributed by atoms with E-state index in [1.807, 2.05) is 30.4 Å². The Labute approximate surface area is 159 Å². The summed E-state index contributed by atoms with van der Waals surface area (Å²) in [6.45, 7) is 6.31. The van der Waals surface area contributed by atoms with E-state index < -0.39 is 0 Å². The number of nitrogens with zero attached hydrogens (tertiary/aromatic N) is 1. The number of thiophene rings is 1. The van der Waals surface area contributed by atoms with Crippen LogP contribution < -0.4 is 15.5 Å². The minimum atomic E-state index is -0.345. The molecule has 1 aromatic carbocycles. The van der Waals surface area contributed by atoms with Gasteiger partial charge in [0.2, 0.25) is 0 Å². The molecule has 3 N–H and O–H groups in total. The average molecular weight is 374 g/mol. The van der Waals surface area contributed by atoms with Crippen molar-refractivity contribution in [2.24, 2.45) is 5.92 Å². The molecule has 3 rings (SSSR count). The average Bonchev–Trinajstić information content (AvgIpc) is 3.08. The zero-order valence-electron chi connectivity index (χ0n) is 15.4. The van der Waals surface area contributed by atoms with Gasteiger partial charge in [0.25, 0.3) is 0 Å². The molecule has 0 spiro atoms. The van der Waals surface area contributed by atoms with Crippen LogP contribution in [0, 0.1) is 5.92 Å². The molecule has 0 saturated heterocycles. The number of benzene rings is 1. The van der Waals surface area contributed by atoms with Gasteiger partial charge in [0, 0.05) is 35.9 Å². The van der Waals surface area contributed by atoms with Gasteiger partial charge in [0.1, 0.15) is 0 Å². The third kappa shape index (κ3) is 4.99. The molecule has 0 fully saturated rings. The van der Waals surface area contributed by atoms with Crippen molar-refractivity contribution in [2.75, 3.05) is 23.3 Å². The van der Waals surface area contributed by atoms with Gasteiger partial charge >= 0.3 is 6.03 Å². The number of amides is 2. The Kier molecular flexibility index (Phi) is 6.16. The molecule has 1 aromatic heterocycles. The summed E-state index contributed by atoms with van der Waals surface area (Å²) < 4.78 is 0. The topological polar surface area (TPSA) is 64.6 Å². The van der Waals surface area contributed by atoms with Crippen molar-refractivity contribution >= 4 is 28.7 Å². The van der Waals surface area contributed by atoms with Gasteiger partial charge in [0.15, 0.2) is 0 Å². The number of nitrogens with one attached hydrogen (secondary N) is 2. The zero-order valence-corrected chi connectivity index (χ0v) is 16.2. The molecule has 2 unspecified atom stereocenters. The first-order valence-electron chi connectivity index (χ1n) is 9.14. The Balaban J connectivity index is 1.49. The number of aliphatic hydroxyl groups is 1. The smallest absolute Gasteiger partial charge is 0.319 e. The summed E-state index contributed by atoms with van der Waals surface area (Å²) in [5, 5.41) is 17.3. The van der Waals surface area contributed by atoms with Crippen LogP contribution >= 0.6 is 11.3 Å². The number of aliphatic hydroxyl groups excluding tert-OH is 1. The fourth-order valence-electron chi connectivity index (χ4n) is 3.33. The first-order valence-corrected chi connectivity index (χ1v) is 10.0. The highest BCUT2D eigenvalue weighted by molar-refractivity contribution is 7.10. The van der Waals surface area contributed by atoms with Gasteiger partial charge in [-0.2, -0.15) is 0 Å². The minimum Gasteiger partial charge on any atom is -0.393 e. The quantitative estimate of drug-likeness (QED) is 0.721. The maximum Gasteiger partial charge on any atom is 0.319 e. The van der Waals surface area contributed by atoms with Crippen LogP contribution in [0.1, 0.15) is 30.7 Å². The minimum absolute atomic E-state index is 0.212. The maximum atomic E-state index is 12.0. The molecular weight excluding hydrogens is 346 g/mol. The van der Waals surface area contributed by atoms with Gasteiger partial charge in [-0.1, -0.05) is 6.92 Å². The summed E-state index contributed by atoms with van der Waals surface area (Å²) in [5.74, 6) is 0.240. The molecule has 0 saturated carbocycles. The molecule has 0 bridgehead atoms. The van der Waals surface area contributed by atoms with E-state index in [-0.39, 0.29) is 18.1 Å². The van der Waals surface area contributed by atoms with Crippen molar-refractivity contribution in [3.05, 3.63) is 46.2 Å². The fourth-order valence-corrected chi connectivity index (χ4v) is 4.22. The molecule has 2 amide bonds. The fraction of sp³-hybridized carbons (Fsp3) is 0.450. The molecule has 1 aliphatic rings. The Bertz CT molecular complexity index is 727. The predicted octanol–water partition coefficient (Wildman–Crippen LogP) is 3.84. The van der Waals surface area contributed by atoms with E-state index in [1.165, 1.54) is 16.1 Å². The Morgan fingerprint density at radius 2 is 2.04 bits per heavy atom. The monoisotopic (exact) mass is 373 g/mol. The highest BCUT2D eigenvalue weighted by Crippen LogP contribution is 2.28. The van der Waals surface area contributed by atoms with Crippen LogP contribution in [-0.2, 0) is 13.0 Å². The van der Waals surface area contributed by atoms with Gasteiger partial charge in [-0.25, -0.2) is 4.79 Å². The number of anilines is 2. The second-order valence-electron chi connectivity index (χ2n) is 7.11. The lowest BCUT2D eigenvalue weighted by Gasteiger charge is -2.29. The van der Waals surface area contributed by atoms with E-state index in [0.717, 1.165) is 25.2 Å². The molecule has 5 nitrogen and oxygen atoms in total. The summed E-state index contributed by atoms with van der Waals surface area (Å²) in [6.07, 6.45) is 1.43. The van der Waals surface area contributed by atoms with E-state index in [1.54, 1.807) is 6.92 Å². The lowest BCUT2D eigenvalue weighted by Crippen LogP contribution is -2.33. The van der Waals surface area contributed by atoms with Crippen molar-refractivity contribution in [3.63, 3.8) is 0 Å². The van der Waals surface area contributed by atoms with Gasteiger partial charge in [-0.15, -0.1) is 11.3 Å². The Hall–Kier alpha value is -2.05. The van der Waals surface area contributed by atoms with Crippen LogP contribution in [0.5, 0.6) is 0 Å². The number of carbonyl (C=O) groups is 1. The predicted molar refractivity (Wildman–Crippen MR) is 108 cm³/mol. The standard InChI is InChI=1S/C20H27N3O2S/c1-14(11-15(2)24)12-21-20(25)22-17-3-5-18(6-4-17)23-9-7-19-16(13-23)8-10-26-19/h3-6,8,10,14-15,24H,7,9,11-13H2,1-2H3,(H2,21,22,25). The van der Waals surface area contributed by atoms with Crippen molar-refractivity contribution in [1.29, 1.82) is 0 Å².